The van der Waals surface area contributed by atoms with Crippen LogP contribution in [0, 0.1) is 12.7 Å². The molecule has 1 aromatic heterocycles. The van der Waals surface area contributed by atoms with Gasteiger partial charge in [-0.15, -0.1) is 0 Å². The fourth-order valence-corrected chi connectivity index (χ4v) is 1.96. The fraction of sp³-hybridized carbons (Fsp3) is 0.231. The zero-order chi connectivity index (χ0) is 13.3. The monoisotopic (exact) mass is 249 g/mol. The van der Waals surface area contributed by atoms with Crippen LogP contribution in [-0.2, 0) is 11.2 Å². The van der Waals surface area contributed by atoms with E-state index in [-0.39, 0.29) is 23.7 Å². The Morgan fingerprint density at radius 1 is 1.44 bits per heavy atom. The van der Waals surface area contributed by atoms with Gasteiger partial charge in [-0.1, -0.05) is 0 Å². The van der Waals surface area contributed by atoms with Crippen molar-refractivity contribution in [2.75, 3.05) is 0 Å². The SMILES string of the molecule is Cc1[nH]c2ccc(F)cc2c(=O)c1CCC(=O)O. The van der Waals surface area contributed by atoms with E-state index in [4.69, 9.17) is 5.11 Å². The minimum absolute atomic E-state index is 0.120. The molecule has 0 spiro atoms. The van der Waals surface area contributed by atoms with Crippen molar-refractivity contribution in [3.8, 4) is 0 Å². The topological polar surface area (TPSA) is 70.2 Å². The predicted molar refractivity (Wildman–Crippen MR) is 65.2 cm³/mol. The van der Waals surface area contributed by atoms with Crippen molar-refractivity contribution in [1.29, 1.82) is 0 Å². The van der Waals surface area contributed by atoms with Gasteiger partial charge in [0.15, 0.2) is 5.43 Å². The summed E-state index contributed by atoms with van der Waals surface area (Å²) < 4.78 is 13.1. The van der Waals surface area contributed by atoms with E-state index in [1.165, 1.54) is 12.1 Å². The van der Waals surface area contributed by atoms with Gasteiger partial charge in [0.05, 0.1) is 0 Å². The number of aromatic amines is 1. The average molecular weight is 249 g/mol. The predicted octanol–water partition coefficient (Wildman–Crippen LogP) is 1.99. The standard InChI is InChI=1S/C13H12FNO3/c1-7-9(3-5-12(16)17)13(18)10-6-8(14)2-4-11(10)15-7/h2,4,6H,3,5H2,1H3,(H,15,18)(H,16,17). The lowest BCUT2D eigenvalue weighted by Crippen LogP contribution is -2.15. The minimum atomic E-state index is -0.965. The van der Waals surface area contributed by atoms with E-state index < -0.39 is 11.8 Å². The van der Waals surface area contributed by atoms with Crippen molar-refractivity contribution in [2.45, 2.75) is 19.8 Å². The van der Waals surface area contributed by atoms with Crippen molar-refractivity contribution in [2.24, 2.45) is 0 Å². The van der Waals surface area contributed by atoms with Crippen LogP contribution in [0.3, 0.4) is 0 Å². The van der Waals surface area contributed by atoms with Gasteiger partial charge in [-0.2, -0.15) is 0 Å². The molecule has 94 valence electrons. The average Bonchev–Trinajstić information content (AvgIpc) is 2.30. The summed E-state index contributed by atoms with van der Waals surface area (Å²) in [6, 6.07) is 3.94. The number of rotatable bonds is 3. The molecule has 4 nitrogen and oxygen atoms in total. The highest BCUT2D eigenvalue weighted by Crippen LogP contribution is 2.13. The zero-order valence-electron chi connectivity index (χ0n) is 9.79. The lowest BCUT2D eigenvalue weighted by Gasteiger charge is -2.07. The Bertz CT molecular complexity index is 676. The lowest BCUT2D eigenvalue weighted by molar-refractivity contribution is -0.136. The van der Waals surface area contributed by atoms with Crippen LogP contribution < -0.4 is 5.43 Å². The molecule has 0 unspecified atom stereocenters. The number of aromatic nitrogens is 1. The number of hydrogen-bond acceptors (Lipinski definition) is 2. The first-order chi connectivity index (χ1) is 8.49. The smallest absolute Gasteiger partial charge is 0.303 e. The van der Waals surface area contributed by atoms with Crippen molar-refractivity contribution in [3.05, 3.63) is 45.5 Å². The quantitative estimate of drug-likeness (QED) is 0.873. The maximum absolute atomic E-state index is 13.1. The van der Waals surface area contributed by atoms with Crippen LogP contribution in [0.2, 0.25) is 0 Å². The molecule has 0 saturated carbocycles. The first-order valence-electron chi connectivity index (χ1n) is 5.52. The summed E-state index contributed by atoms with van der Waals surface area (Å²) in [4.78, 5) is 25.7. The molecule has 0 saturated heterocycles. The number of carbonyl (C=O) groups is 1. The largest absolute Gasteiger partial charge is 0.481 e. The van der Waals surface area contributed by atoms with Gasteiger partial charge in [-0.25, -0.2) is 4.39 Å². The highest BCUT2D eigenvalue weighted by Gasteiger charge is 2.11. The Labute approximate surface area is 102 Å². The number of H-pyrrole nitrogens is 1. The molecule has 0 amide bonds. The minimum Gasteiger partial charge on any atom is -0.481 e. The van der Waals surface area contributed by atoms with Crippen LogP contribution in [0.1, 0.15) is 17.7 Å². The second-order valence-electron chi connectivity index (χ2n) is 4.14. The summed E-state index contributed by atoms with van der Waals surface area (Å²) in [6.07, 6.45) is 0.0215. The van der Waals surface area contributed by atoms with Gasteiger partial charge >= 0.3 is 5.97 Å². The van der Waals surface area contributed by atoms with Gasteiger partial charge in [0.1, 0.15) is 5.82 Å². The summed E-state index contributed by atoms with van der Waals surface area (Å²) >= 11 is 0. The fourth-order valence-electron chi connectivity index (χ4n) is 1.96. The first-order valence-corrected chi connectivity index (χ1v) is 5.52. The second kappa shape index (κ2) is 4.60. The second-order valence-corrected chi connectivity index (χ2v) is 4.14. The number of aliphatic carboxylic acids is 1. The third-order valence-electron chi connectivity index (χ3n) is 2.86. The van der Waals surface area contributed by atoms with Crippen LogP contribution in [0.25, 0.3) is 10.9 Å². The van der Waals surface area contributed by atoms with Gasteiger partial charge in [-0.3, -0.25) is 9.59 Å². The number of carboxylic acid groups (broad SMARTS) is 1. The molecule has 5 heteroatoms. The van der Waals surface area contributed by atoms with Gasteiger partial charge in [0.25, 0.3) is 0 Å². The molecule has 0 aliphatic rings. The Balaban J connectivity index is 2.60. The molecule has 2 rings (SSSR count). The Morgan fingerprint density at radius 3 is 2.83 bits per heavy atom. The summed E-state index contributed by atoms with van der Waals surface area (Å²) in [5.74, 6) is -1.45. The molecular formula is C13H12FNO3. The summed E-state index contributed by atoms with van der Waals surface area (Å²) in [5.41, 5.74) is 1.27. The number of pyridine rings is 1. The lowest BCUT2D eigenvalue weighted by atomic mass is 10.0. The third-order valence-corrected chi connectivity index (χ3v) is 2.86. The van der Waals surface area contributed by atoms with Gasteiger partial charge < -0.3 is 10.1 Å². The summed E-state index contributed by atoms with van der Waals surface area (Å²) in [6.45, 7) is 1.71. The number of halogens is 1. The van der Waals surface area contributed by atoms with E-state index in [1.54, 1.807) is 6.92 Å². The van der Waals surface area contributed by atoms with Crippen molar-refractivity contribution >= 4 is 16.9 Å². The van der Waals surface area contributed by atoms with Gasteiger partial charge in [-0.05, 0) is 31.5 Å². The summed E-state index contributed by atoms with van der Waals surface area (Å²) in [5, 5.41) is 8.89. The molecule has 18 heavy (non-hydrogen) atoms. The zero-order valence-corrected chi connectivity index (χ0v) is 9.79. The van der Waals surface area contributed by atoms with Crippen LogP contribution in [0.4, 0.5) is 4.39 Å². The van der Waals surface area contributed by atoms with E-state index in [0.717, 1.165) is 6.07 Å². The van der Waals surface area contributed by atoms with E-state index >= 15 is 0 Å². The Hall–Kier alpha value is -2.17. The molecular weight excluding hydrogens is 237 g/mol. The van der Waals surface area contributed by atoms with Crippen LogP contribution in [0.5, 0.6) is 0 Å². The Morgan fingerprint density at radius 2 is 2.17 bits per heavy atom. The van der Waals surface area contributed by atoms with E-state index in [0.29, 0.717) is 16.8 Å². The van der Waals surface area contributed by atoms with Crippen LogP contribution >= 0.6 is 0 Å². The number of benzene rings is 1. The molecule has 0 fully saturated rings. The molecule has 0 atom stereocenters. The van der Waals surface area contributed by atoms with Crippen LogP contribution in [0.15, 0.2) is 23.0 Å². The first kappa shape index (κ1) is 12.3. The molecule has 2 N–H and O–H groups in total. The third kappa shape index (κ3) is 2.25. The molecule has 0 aliphatic heterocycles. The molecule has 1 aromatic carbocycles. The number of hydrogen-bond donors (Lipinski definition) is 2. The molecule has 0 radical (unpaired) electrons. The highest BCUT2D eigenvalue weighted by molar-refractivity contribution is 5.79. The number of carboxylic acids is 1. The molecule has 2 aromatic rings. The Kier molecular flexibility index (Phi) is 3.14. The maximum atomic E-state index is 13.1. The normalized spacial score (nSPS) is 10.8. The van der Waals surface area contributed by atoms with Gasteiger partial charge in [0.2, 0.25) is 0 Å². The summed E-state index contributed by atoms with van der Waals surface area (Å²) in [7, 11) is 0. The molecule has 0 aliphatic carbocycles. The molecule has 0 bridgehead atoms. The van der Waals surface area contributed by atoms with E-state index in [1.807, 2.05) is 0 Å². The van der Waals surface area contributed by atoms with Crippen molar-refractivity contribution < 1.29 is 14.3 Å². The number of aryl methyl sites for hydroxylation is 1. The van der Waals surface area contributed by atoms with E-state index in [9.17, 15) is 14.0 Å². The van der Waals surface area contributed by atoms with Crippen molar-refractivity contribution in [1.82, 2.24) is 4.98 Å². The van der Waals surface area contributed by atoms with Gasteiger partial charge in [0, 0.05) is 28.6 Å². The number of nitrogens with one attached hydrogen (secondary N) is 1. The van der Waals surface area contributed by atoms with Crippen LogP contribution in [-0.4, -0.2) is 16.1 Å². The maximum Gasteiger partial charge on any atom is 0.303 e. The van der Waals surface area contributed by atoms with E-state index in [2.05, 4.69) is 4.98 Å². The highest BCUT2D eigenvalue weighted by atomic mass is 19.1. The molecule has 1 heterocycles. The van der Waals surface area contributed by atoms with Crippen molar-refractivity contribution in [3.63, 3.8) is 0 Å². The number of fused-ring (bicyclic) bond motifs is 1.